The van der Waals surface area contributed by atoms with Gasteiger partial charge in [-0.15, -0.1) is 0 Å². The zero-order chi connectivity index (χ0) is 34.4. The first-order valence-electron chi connectivity index (χ1n) is 17.8. The summed E-state index contributed by atoms with van der Waals surface area (Å²) in [6.07, 6.45) is 0. The number of hydrogen-bond donors (Lipinski definition) is 0. The maximum atomic E-state index is 6.69. The second kappa shape index (κ2) is 12.5. The van der Waals surface area contributed by atoms with Crippen LogP contribution in [0.5, 0.6) is 0 Å². The average Bonchev–Trinajstić information content (AvgIpc) is 3.58. The standard InChI is InChI=1S/C50H33NO/c1-3-12-34(13-4-1)36-22-26-42(27-23-36)51(43-28-24-35-14-7-8-17-38(35)30-43)48-29-25-41(32-46(48)37-15-5-2-6-16-37)44-20-11-21-45-47-31-39-18-9-10-19-40(39)33-49(47)52-50(44)45/h1-33H. The Bertz CT molecular complexity index is 2890. The molecule has 0 spiro atoms. The number of anilines is 3. The van der Waals surface area contributed by atoms with E-state index in [1.54, 1.807) is 0 Å². The number of para-hydroxylation sites is 1. The number of benzene rings is 9. The lowest BCUT2D eigenvalue weighted by Crippen LogP contribution is -2.11. The molecule has 0 radical (unpaired) electrons. The predicted octanol–water partition coefficient (Wildman–Crippen LogP) is 14.4. The van der Waals surface area contributed by atoms with Gasteiger partial charge in [0.2, 0.25) is 0 Å². The Morgan fingerprint density at radius 2 is 0.923 bits per heavy atom. The second-order valence-electron chi connectivity index (χ2n) is 13.4. The first-order chi connectivity index (χ1) is 25.8. The highest BCUT2D eigenvalue weighted by Crippen LogP contribution is 2.45. The van der Waals surface area contributed by atoms with Crippen molar-refractivity contribution in [3.8, 4) is 33.4 Å². The van der Waals surface area contributed by atoms with E-state index >= 15 is 0 Å². The van der Waals surface area contributed by atoms with Gasteiger partial charge in [-0.05, 0) is 92.3 Å². The highest BCUT2D eigenvalue weighted by Gasteiger charge is 2.20. The Kier molecular flexibility index (Phi) is 7.18. The van der Waals surface area contributed by atoms with E-state index in [1.165, 1.54) is 32.7 Å². The van der Waals surface area contributed by atoms with Gasteiger partial charge in [0, 0.05) is 33.3 Å². The molecule has 2 heteroatoms. The Morgan fingerprint density at radius 3 is 1.67 bits per heavy atom. The average molecular weight is 664 g/mol. The van der Waals surface area contributed by atoms with Crippen molar-refractivity contribution in [2.45, 2.75) is 0 Å². The number of hydrogen-bond acceptors (Lipinski definition) is 2. The molecular formula is C50H33NO. The van der Waals surface area contributed by atoms with Gasteiger partial charge in [-0.2, -0.15) is 0 Å². The van der Waals surface area contributed by atoms with Crippen molar-refractivity contribution >= 4 is 60.5 Å². The zero-order valence-corrected chi connectivity index (χ0v) is 28.4. The van der Waals surface area contributed by atoms with E-state index in [4.69, 9.17) is 4.42 Å². The minimum absolute atomic E-state index is 0.905. The Balaban J connectivity index is 1.18. The zero-order valence-electron chi connectivity index (χ0n) is 28.4. The largest absolute Gasteiger partial charge is 0.455 e. The molecule has 244 valence electrons. The lowest BCUT2D eigenvalue weighted by Gasteiger charge is -2.29. The topological polar surface area (TPSA) is 16.4 Å². The molecule has 0 aliphatic rings. The van der Waals surface area contributed by atoms with Crippen LogP contribution in [0.4, 0.5) is 17.1 Å². The summed E-state index contributed by atoms with van der Waals surface area (Å²) in [7, 11) is 0. The molecule has 0 aliphatic heterocycles. The molecule has 10 rings (SSSR count). The van der Waals surface area contributed by atoms with Crippen molar-refractivity contribution in [3.63, 3.8) is 0 Å². The van der Waals surface area contributed by atoms with Gasteiger partial charge in [-0.1, -0.05) is 152 Å². The molecule has 9 aromatic carbocycles. The quantitative estimate of drug-likeness (QED) is 0.176. The van der Waals surface area contributed by atoms with Gasteiger partial charge in [0.05, 0.1) is 5.69 Å². The summed E-state index contributed by atoms with van der Waals surface area (Å²) in [5, 5.41) is 7.07. The summed E-state index contributed by atoms with van der Waals surface area (Å²) in [5.74, 6) is 0. The van der Waals surface area contributed by atoms with Gasteiger partial charge in [-0.3, -0.25) is 0 Å². The van der Waals surface area contributed by atoms with E-state index < -0.39 is 0 Å². The van der Waals surface area contributed by atoms with Crippen molar-refractivity contribution in [1.82, 2.24) is 0 Å². The van der Waals surface area contributed by atoms with Crippen LogP contribution in [-0.4, -0.2) is 0 Å². The van der Waals surface area contributed by atoms with Gasteiger partial charge < -0.3 is 9.32 Å². The van der Waals surface area contributed by atoms with Gasteiger partial charge in [-0.25, -0.2) is 0 Å². The van der Waals surface area contributed by atoms with Crippen molar-refractivity contribution in [2.75, 3.05) is 4.90 Å². The number of fused-ring (bicyclic) bond motifs is 5. The second-order valence-corrected chi connectivity index (χ2v) is 13.4. The summed E-state index contributed by atoms with van der Waals surface area (Å²) in [6, 6.07) is 71.7. The van der Waals surface area contributed by atoms with Crippen LogP contribution in [0.1, 0.15) is 0 Å². The van der Waals surface area contributed by atoms with Crippen LogP contribution in [0.2, 0.25) is 0 Å². The summed E-state index contributed by atoms with van der Waals surface area (Å²) >= 11 is 0. The Labute approximate surface area is 302 Å². The highest BCUT2D eigenvalue weighted by molar-refractivity contribution is 6.13. The third-order valence-electron chi connectivity index (χ3n) is 10.2. The van der Waals surface area contributed by atoms with Crippen LogP contribution < -0.4 is 4.90 Å². The number of furan rings is 1. The van der Waals surface area contributed by atoms with Crippen molar-refractivity contribution in [1.29, 1.82) is 0 Å². The third-order valence-corrected chi connectivity index (χ3v) is 10.2. The molecule has 0 unspecified atom stereocenters. The molecule has 2 nitrogen and oxygen atoms in total. The summed E-state index contributed by atoms with van der Waals surface area (Å²) in [5.41, 5.74) is 12.0. The van der Waals surface area contributed by atoms with E-state index in [-0.39, 0.29) is 0 Å². The molecule has 52 heavy (non-hydrogen) atoms. The van der Waals surface area contributed by atoms with E-state index in [0.29, 0.717) is 0 Å². The molecule has 0 aliphatic carbocycles. The van der Waals surface area contributed by atoms with Crippen LogP contribution in [0.15, 0.2) is 205 Å². The fourth-order valence-corrected chi connectivity index (χ4v) is 7.63. The molecule has 0 fully saturated rings. The normalized spacial score (nSPS) is 11.5. The maximum Gasteiger partial charge on any atom is 0.143 e. The fraction of sp³-hybridized carbons (Fsp3) is 0. The number of rotatable bonds is 6. The van der Waals surface area contributed by atoms with Crippen molar-refractivity contribution in [3.05, 3.63) is 200 Å². The van der Waals surface area contributed by atoms with Gasteiger partial charge in [0.1, 0.15) is 11.2 Å². The van der Waals surface area contributed by atoms with Gasteiger partial charge in [0.25, 0.3) is 0 Å². The Hall–Kier alpha value is -6.90. The minimum Gasteiger partial charge on any atom is -0.455 e. The molecule has 0 N–H and O–H groups in total. The lowest BCUT2D eigenvalue weighted by atomic mass is 9.95. The third kappa shape index (κ3) is 5.21. The van der Waals surface area contributed by atoms with Gasteiger partial charge in [0.15, 0.2) is 0 Å². The summed E-state index contributed by atoms with van der Waals surface area (Å²) in [6.45, 7) is 0. The van der Waals surface area contributed by atoms with Crippen LogP contribution in [0, 0.1) is 0 Å². The smallest absolute Gasteiger partial charge is 0.143 e. The molecule has 0 bridgehead atoms. The molecule has 0 saturated heterocycles. The van der Waals surface area contributed by atoms with Crippen LogP contribution in [-0.2, 0) is 0 Å². The minimum atomic E-state index is 0.905. The molecular weight excluding hydrogens is 631 g/mol. The molecule has 1 heterocycles. The SMILES string of the molecule is c1ccc(-c2ccc(N(c3ccc4ccccc4c3)c3ccc(-c4cccc5c4oc4cc6ccccc6cc45)cc3-c3ccccc3)cc2)cc1. The predicted molar refractivity (Wildman–Crippen MR) is 220 cm³/mol. The first kappa shape index (κ1) is 30.0. The van der Waals surface area contributed by atoms with Crippen LogP contribution in [0.25, 0.3) is 76.9 Å². The number of nitrogens with zero attached hydrogens (tertiary/aromatic N) is 1. The van der Waals surface area contributed by atoms with E-state index in [2.05, 4.69) is 205 Å². The van der Waals surface area contributed by atoms with Crippen molar-refractivity contribution < 1.29 is 4.42 Å². The molecule has 10 aromatic rings. The lowest BCUT2D eigenvalue weighted by molar-refractivity contribution is 0.670. The first-order valence-corrected chi connectivity index (χ1v) is 17.8. The van der Waals surface area contributed by atoms with Gasteiger partial charge >= 0.3 is 0 Å². The maximum absolute atomic E-state index is 6.69. The highest BCUT2D eigenvalue weighted by atomic mass is 16.3. The van der Waals surface area contributed by atoms with Crippen molar-refractivity contribution in [2.24, 2.45) is 0 Å². The molecule has 1 aromatic heterocycles. The monoisotopic (exact) mass is 663 g/mol. The molecule has 0 saturated carbocycles. The van der Waals surface area contributed by atoms with E-state index in [1.807, 2.05) is 0 Å². The fourth-order valence-electron chi connectivity index (χ4n) is 7.63. The van der Waals surface area contributed by atoms with Crippen LogP contribution in [0.3, 0.4) is 0 Å². The molecule has 0 atom stereocenters. The van der Waals surface area contributed by atoms with E-state index in [9.17, 15) is 0 Å². The summed E-state index contributed by atoms with van der Waals surface area (Å²) in [4.78, 5) is 2.39. The Morgan fingerprint density at radius 1 is 0.327 bits per heavy atom. The molecule has 0 amide bonds. The van der Waals surface area contributed by atoms with E-state index in [0.717, 1.165) is 61.3 Å². The van der Waals surface area contributed by atoms with Crippen LogP contribution >= 0.6 is 0 Å². The summed E-state index contributed by atoms with van der Waals surface area (Å²) < 4.78 is 6.69.